The van der Waals surface area contributed by atoms with E-state index in [-0.39, 0.29) is 11.3 Å². The summed E-state index contributed by atoms with van der Waals surface area (Å²) in [6.45, 7) is 0. The fourth-order valence-electron chi connectivity index (χ4n) is 3.28. The molecule has 0 aromatic heterocycles. The van der Waals surface area contributed by atoms with Crippen molar-refractivity contribution in [2.24, 2.45) is 0 Å². The van der Waals surface area contributed by atoms with Gasteiger partial charge < -0.3 is 10.1 Å². The van der Waals surface area contributed by atoms with Crippen LogP contribution in [0.1, 0.15) is 44.1 Å². The number of nitrogens with one attached hydrogen (secondary N) is 1. The summed E-state index contributed by atoms with van der Waals surface area (Å²) in [6.07, 6.45) is 6.82. The average molecular weight is 310 g/mol. The maximum Gasteiger partial charge on any atom is 0.139 e. The van der Waals surface area contributed by atoms with Crippen LogP contribution in [0.3, 0.4) is 0 Å². The molecule has 0 saturated heterocycles. The molecule has 4 heteroatoms. The van der Waals surface area contributed by atoms with Crippen molar-refractivity contribution in [3.05, 3.63) is 28.8 Å². The molecule has 0 radical (unpaired) electrons. The van der Waals surface area contributed by atoms with Gasteiger partial charge in [0.1, 0.15) is 11.5 Å². The highest BCUT2D eigenvalue weighted by Crippen LogP contribution is 2.32. The van der Waals surface area contributed by atoms with E-state index in [9.17, 15) is 4.79 Å². The molecule has 1 fully saturated rings. The molecule has 1 N–H and O–H groups in total. The van der Waals surface area contributed by atoms with E-state index in [2.05, 4.69) is 5.32 Å². The Kier molecular flexibility index (Phi) is 5.65. The van der Waals surface area contributed by atoms with E-state index in [1.807, 2.05) is 19.2 Å². The first-order chi connectivity index (χ1) is 10.1. The number of benzene rings is 1. The van der Waals surface area contributed by atoms with Crippen LogP contribution < -0.4 is 10.1 Å². The van der Waals surface area contributed by atoms with Gasteiger partial charge in [-0.15, -0.1) is 0 Å². The van der Waals surface area contributed by atoms with Gasteiger partial charge >= 0.3 is 0 Å². The number of methoxy groups -OCH3 is 1. The summed E-state index contributed by atoms with van der Waals surface area (Å²) in [4.78, 5) is 12.5. The van der Waals surface area contributed by atoms with E-state index in [0.29, 0.717) is 17.9 Å². The quantitative estimate of drug-likeness (QED) is 0.869. The molecule has 116 valence electrons. The Morgan fingerprint density at radius 2 is 2.05 bits per heavy atom. The minimum Gasteiger partial charge on any atom is -0.496 e. The lowest BCUT2D eigenvalue weighted by Crippen LogP contribution is -2.46. The number of rotatable bonds is 6. The molecule has 1 aliphatic carbocycles. The zero-order chi connectivity index (χ0) is 15.3. The number of Topliss-reactive ketones (excluding diaryl/α,β-unsaturated/α-hetero) is 1. The zero-order valence-electron chi connectivity index (χ0n) is 12.9. The molecule has 0 bridgehead atoms. The van der Waals surface area contributed by atoms with Gasteiger partial charge in [0.15, 0.2) is 0 Å². The summed E-state index contributed by atoms with van der Waals surface area (Å²) >= 11 is 6.02. The van der Waals surface area contributed by atoms with Crippen LogP contribution in [-0.2, 0) is 11.2 Å². The fourth-order valence-corrected chi connectivity index (χ4v) is 3.48. The number of ether oxygens (including phenoxy) is 1. The Balaban J connectivity index is 2.05. The smallest absolute Gasteiger partial charge is 0.139 e. The molecule has 0 atom stereocenters. The molecule has 0 heterocycles. The van der Waals surface area contributed by atoms with Crippen LogP contribution in [-0.4, -0.2) is 25.5 Å². The van der Waals surface area contributed by atoms with Crippen LogP contribution >= 0.6 is 11.6 Å². The highest BCUT2D eigenvalue weighted by molar-refractivity contribution is 6.30. The summed E-state index contributed by atoms with van der Waals surface area (Å²) in [6, 6.07) is 5.43. The number of carbonyl (C=O) groups is 1. The molecule has 0 aliphatic heterocycles. The standard InChI is InChI=1S/C17H24ClNO2/c1-19-17(8-4-3-5-9-17)12-15(20)11-13-10-14(18)6-7-16(13)21-2/h6-7,10,19H,3-5,8-9,11-12H2,1-2H3. The number of hydrogen-bond acceptors (Lipinski definition) is 3. The molecule has 1 aliphatic rings. The van der Waals surface area contributed by atoms with Crippen LogP contribution in [0.15, 0.2) is 18.2 Å². The number of hydrogen-bond donors (Lipinski definition) is 1. The highest BCUT2D eigenvalue weighted by atomic mass is 35.5. The molecule has 0 unspecified atom stereocenters. The first-order valence-electron chi connectivity index (χ1n) is 7.61. The number of carbonyl (C=O) groups excluding carboxylic acids is 1. The minimum absolute atomic E-state index is 0.0128. The summed E-state index contributed by atoms with van der Waals surface area (Å²) in [5.41, 5.74) is 0.860. The lowest BCUT2D eigenvalue weighted by Gasteiger charge is -2.36. The van der Waals surface area contributed by atoms with Crippen molar-refractivity contribution >= 4 is 17.4 Å². The van der Waals surface area contributed by atoms with Crippen molar-refractivity contribution in [2.75, 3.05) is 14.2 Å². The molecule has 3 nitrogen and oxygen atoms in total. The monoisotopic (exact) mass is 309 g/mol. The lowest BCUT2D eigenvalue weighted by atomic mass is 9.77. The maximum atomic E-state index is 12.5. The Hall–Kier alpha value is -1.06. The third-order valence-corrected chi connectivity index (χ3v) is 4.74. The van der Waals surface area contributed by atoms with Crippen LogP contribution in [0.4, 0.5) is 0 Å². The number of halogens is 1. The Morgan fingerprint density at radius 1 is 1.33 bits per heavy atom. The van der Waals surface area contributed by atoms with Crippen LogP contribution in [0.2, 0.25) is 5.02 Å². The van der Waals surface area contributed by atoms with E-state index >= 15 is 0 Å². The van der Waals surface area contributed by atoms with Crippen molar-refractivity contribution in [2.45, 2.75) is 50.5 Å². The topological polar surface area (TPSA) is 38.3 Å². The predicted octanol–water partition coefficient (Wildman–Crippen LogP) is 3.77. The van der Waals surface area contributed by atoms with Gasteiger partial charge in [0.2, 0.25) is 0 Å². The first-order valence-corrected chi connectivity index (χ1v) is 7.99. The second-order valence-corrected chi connectivity index (χ2v) is 6.38. The molecular weight excluding hydrogens is 286 g/mol. The Bertz CT molecular complexity index is 496. The predicted molar refractivity (Wildman–Crippen MR) is 86.2 cm³/mol. The van der Waals surface area contributed by atoms with Gasteiger partial charge in [-0.1, -0.05) is 30.9 Å². The summed E-state index contributed by atoms with van der Waals surface area (Å²) < 4.78 is 5.32. The summed E-state index contributed by atoms with van der Waals surface area (Å²) in [7, 11) is 3.59. The van der Waals surface area contributed by atoms with Crippen molar-refractivity contribution in [3.63, 3.8) is 0 Å². The Morgan fingerprint density at radius 3 is 2.67 bits per heavy atom. The normalized spacial score (nSPS) is 17.5. The van der Waals surface area contributed by atoms with Gasteiger partial charge in [0.05, 0.1) is 7.11 Å². The largest absolute Gasteiger partial charge is 0.496 e. The van der Waals surface area contributed by atoms with Gasteiger partial charge in [-0.3, -0.25) is 4.79 Å². The van der Waals surface area contributed by atoms with Crippen molar-refractivity contribution in [1.29, 1.82) is 0 Å². The molecule has 1 aromatic rings. The average Bonchev–Trinajstić information content (AvgIpc) is 2.48. The zero-order valence-corrected chi connectivity index (χ0v) is 13.6. The van der Waals surface area contributed by atoms with Crippen molar-refractivity contribution in [1.82, 2.24) is 5.32 Å². The number of ketones is 1. The fraction of sp³-hybridized carbons (Fsp3) is 0.588. The Labute approximate surface area is 132 Å². The maximum absolute atomic E-state index is 12.5. The molecular formula is C17H24ClNO2. The SMILES string of the molecule is CNC1(CC(=O)Cc2cc(Cl)ccc2OC)CCCCC1. The van der Waals surface area contributed by atoms with E-state index in [1.54, 1.807) is 13.2 Å². The van der Waals surface area contributed by atoms with Crippen LogP contribution in [0.5, 0.6) is 5.75 Å². The van der Waals surface area contributed by atoms with Crippen LogP contribution in [0, 0.1) is 0 Å². The van der Waals surface area contributed by atoms with Crippen molar-refractivity contribution < 1.29 is 9.53 Å². The third kappa shape index (κ3) is 4.21. The van der Waals surface area contributed by atoms with E-state index < -0.39 is 0 Å². The van der Waals surface area contributed by atoms with Crippen LogP contribution in [0.25, 0.3) is 0 Å². The third-order valence-electron chi connectivity index (χ3n) is 4.51. The highest BCUT2D eigenvalue weighted by Gasteiger charge is 2.32. The second-order valence-electron chi connectivity index (χ2n) is 5.94. The van der Waals surface area contributed by atoms with Gasteiger partial charge in [-0.05, 0) is 38.1 Å². The van der Waals surface area contributed by atoms with E-state index in [1.165, 1.54) is 19.3 Å². The van der Waals surface area contributed by atoms with Gasteiger partial charge in [-0.2, -0.15) is 0 Å². The molecule has 21 heavy (non-hydrogen) atoms. The van der Waals surface area contributed by atoms with E-state index in [0.717, 1.165) is 24.2 Å². The van der Waals surface area contributed by atoms with E-state index in [4.69, 9.17) is 16.3 Å². The van der Waals surface area contributed by atoms with Gasteiger partial charge in [0.25, 0.3) is 0 Å². The van der Waals surface area contributed by atoms with Gasteiger partial charge in [-0.25, -0.2) is 0 Å². The molecule has 0 spiro atoms. The molecule has 1 aromatic carbocycles. The summed E-state index contributed by atoms with van der Waals surface area (Å²) in [5, 5.41) is 4.03. The minimum atomic E-state index is -0.0128. The second kappa shape index (κ2) is 7.28. The van der Waals surface area contributed by atoms with Gasteiger partial charge in [0, 0.05) is 29.0 Å². The van der Waals surface area contributed by atoms with Crippen molar-refractivity contribution in [3.8, 4) is 5.75 Å². The summed E-state index contributed by atoms with van der Waals surface area (Å²) in [5.74, 6) is 0.974. The lowest BCUT2D eigenvalue weighted by molar-refractivity contribution is -0.120. The molecule has 1 saturated carbocycles. The first kappa shape index (κ1) is 16.3. The molecule has 0 amide bonds. The molecule has 2 rings (SSSR count).